The molecule has 0 aromatic heterocycles. The van der Waals surface area contributed by atoms with Gasteiger partial charge in [-0.3, -0.25) is 14.4 Å². The van der Waals surface area contributed by atoms with Crippen LogP contribution in [-0.4, -0.2) is 37.2 Å². The first-order valence-corrected chi connectivity index (χ1v) is 36.3. The quantitative estimate of drug-likeness (QED) is 0.0261. The average Bonchev–Trinajstić information content (AvgIpc) is 3.47. The molecule has 0 N–H and O–H groups in total. The zero-order valence-corrected chi connectivity index (χ0v) is 55.0. The van der Waals surface area contributed by atoms with Crippen molar-refractivity contribution < 1.29 is 28.6 Å². The van der Waals surface area contributed by atoms with Gasteiger partial charge in [-0.1, -0.05) is 319 Å². The third-order valence-electron chi connectivity index (χ3n) is 16.2. The molecule has 0 heterocycles. The minimum atomic E-state index is -0.781. The summed E-state index contributed by atoms with van der Waals surface area (Å²) in [5.74, 6) is -0.861. The second-order valence-corrected chi connectivity index (χ2v) is 24.5. The summed E-state index contributed by atoms with van der Waals surface area (Å²) in [5, 5.41) is 0. The van der Waals surface area contributed by atoms with E-state index < -0.39 is 6.10 Å². The molecule has 6 nitrogen and oxygen atoms in total. The fourth-order valence-corrected chi connectivity index (χ4v) is 10.7. The van der Waals surface area contributed by atoms with E-state index in [0.717, 1.165) is 77.0 Å². The van der Waals surface area contributed by atoms with Crippen LogP contribution in [-0.2, 0) is 28.6 Å². The molecule has 1 unspecified atom stereocenters. The molecule has 0 amide bonds. The lowest BCUT2D eigenvalue weighted by atomic mass is 10.0. The number of carbonyl (C=O) groups excluding carboxylic acids is 3. The molecule has 0 rings (SSSR count). The number of unbranched alkanes of at least 4 members (excludes halogenated alkanes) is 46. The Morgan fingerprint density at radius 2 is 0.439 bits per heavy atom. The maximum absolute atomic E-state index is 13.0. The first-order chi connectivity index (χ1) is 40.5. The largest absolute Gasteiger partial charge is 0.462 e. The summed E-state index contributed by atoms with van der Waals surface area (Å²) in [6.07, 6.45) is 91.0. The molecule has 0 radical (unpaired) electrons. The van der Waals surface area contributed by atoms with Gasteiger partial charge in [0, 0.05) is 19.3 Å². The number of ether oxygens (including phenoxy) is 3. The Kier molecular flexibility index (Phi) is 68.1. The molecule has 0 saturated carbocycles. The van der Waals surface area contributed by atoms with Crippen molar-refractivity contribution in [2.75, 3.05) is 13.2 Å². The van der Waals surface area contributed by atoms with Gasteiger partial charge in [-0.2, -0.15) is 0 Å². The number of rotatable bonds is 67. The Morgan fingerprint density at radius 1 is 0.244 bits per heavy atom. The Labute approximate surface area is 510 Å². The Bertz CT molecular complexity index is 1460. The lowest BCUT2D eigenvalue weighted by Crippen LogP contribution is -2.30. The summed E-state index contributed by atoms with van der Waals surface area (Å²) in [6, 6.07) is 0. The van der Waals surface area contributed by atoms with Gasteiger partial charge in [-0.15, -0.1) is 0 Å². The van der Waals surface area contributed by atoms with E-state index in [1.54, 1.807) is 0 Å². The summed E-state index contributed by atoms with van der Waals surface area (Å²) in [5.41, 5.74) is 0. The van der Waals surface area contributed by atoms with E-state index in [0.29, 0.717) is 19.3 Å². The van der Waals surface area contributed by atoms with Gasteiger partial charge in [0.2, 0.25) is 0 Å². The molecule has 6 heteroatoms. The average molecular weight is 1150 g/mol. The molecule has 1 atom stereocenters. The third-order valence-corrected chi connectivity index (χ3v) is 16.2. The van der Waals surface area contributed by atoms with Gasteiger partial charge in [-0.05, 0) is 109 Å². The molecule has 0 saturated heterocycles. The van der Waals surface area contributed by atoms with Crippen molar-refractivity contribution in [3.8, 4) is 0 Å². The molecule has 478 valence electrons. The summed E-state index contributed by atoms with van der Waals surface area (Å²) in [7, 11) is 0. The summed E-state index contributed by atoms with van der Waals surface area (Å²) < 4.78 is 17.0. The van der Waals surface area contributed by atoms with Crippen LogP contribution in [0.4, 0.5) is 0 Å². The normalized spacial score (nSPS) is 12.4. The van der Waals surface area contributed by atoms with E-state index in [1.807, 2.05) is 0 Å². The molecule has 0 bridgehead atoms. The smallest absolute Gasteiger partial charge is 0.306 e. The summed E-state index contributed by atoms with van der Waals surface area (Å²) in [4.78, 5) is 38.5. The highest BCUT2D eigenvalue weighted by Crippen LogP contribution is 2.18. The van der Waals surface area contributed by atoms with Gasteiger partial charge in [0.1, 0.15) is 13.2 Å². The molecular formula is C76H138O6. The number of hydrogen-bond acceptors (Lipinski definition) is 6. The number of allylic oxidation sites excluding steroid dienone is 10. The highest BCUT2D eigenvalue weighted by molar-refractivity contribution is 5.71. The van der Waals surface area contributed by atoms with E-state index >= 15 is 0 Å². The van der Waals surface area contributed by atoms with Gasteiger partial charge < -0.3 is 14.2 Å². The van der Waals surface area contributed by atoms with Gasteiger partial charge in [0.15, 0.2) is 6.10 Å². The van der Waals surface area contributed by atoms with Crippen molar-refractivity contribution in [2.24, 2.45) is 0 Å². The van der Waals surface area contributed by atoms with Crippen LogP contribution in [0, 0.1) is 0 Å². The van der Waals surface area contributed by atoms with Crippen LogP contribution in [0.5, 0.6) is 0 Å². The van der Waals surface area contributed by atoms with Gasteiger partial charge in [0.25, 0.3) is 0 Å². The molecule has 0 aliphatic heterocycles. The predicted molar refractivity (Wildman–Crippen MR) is 358 cm³/mol. The fourth-order valence-electron chi connectivity index (χ4n) is 10.7. The monoisotopic (exact) mass is 1150 g/mol. The summed E-state index contributed by atoms with van der Waals surface area (Å²) >= 11 is 0. The van der Waals surface area contributed by atoms with Crippen LogP contribution in [0.3, 0.4) is 0 Å². The van der Waals surface area contributed by atoms with Gasteiger partial charge >= 0.3 is 17.9 Å². The number of esters is 3. The highest BCUT2D eigenvalue weighted by atomic mass is 16.6. The third kappa shape index (κ3) is 67.9. The molecule has 0 aliphatic rings. The van der Waals surface area contributed by atoms with Crippen molar-refractivity contribution in [3.05, 3.63) is 60.8 Å². The lowest BCUT2D eigenvalue weighted by Gasteiger charge is -2.18. The van der Waals surface area contributed by atoms with Crippen molar-refractivity contribution >= 4 is 17.9 Å². The van der Waals surface area contributed by atoms with Crippen LogP contribution in [0.25, 0.3) is 0 Å². The lowest BCUT2D eigenvalue weighted by molar-refractivity contribution is -0.167. The number of carbonyl (C=O) groups is 3. The van der Waals surface area contributed by atoms with Crippen LogP contribution in [0.2, 0.25) is 0 Å². The first-order valence-electron chi connectivity index (χ1n) is 36.3. The minimum absolute atomic E-state index is 0.0751. The van der Waals surface area contributed by atoms with Crippen molar-refractivity contribution in [2.45, 2.75) is 393 Å². The molecule has 0 aliphatic carbocycles. The van der Waals surface area contributed by atoms with Crippen LogP contribution >= 0.6 is 0 Å². The van der Waals surface area contributed by atoms with Crippen molar-refractivity contribution in [1.29, 1.82) is 0 Å². The van der Waals surface area contributed by atoms with Gasteiger partial charge in [-0.25, -0.2) is 0 Å². The van der Waals surface area contributed by atoms with E-state index in [1.165, 1.54) is 270 Å². The first kappa shape index (κ1) is 79.1. The van der Waals surface area contributed by atoms with E-state index in [2.05, 4.69) is 81.5 Å². The SMILES string of the molecule is CCCCCC/C=C\C/C=C\CCCCCCCCCC(=O)OCC(COC(=O)CCCCCCCCCCCCCCC/C=C\C/C=C\CCCCCCC)OC(=O)CCCCCCCCCCC/C=C\CCCCCCCCCC. The topological polar surface area (TPSA) is 78.9 Å². The Hall–Kier alpha value is -2.89. The molecule has 82 heavy (non-hydrogen) atoms. The molecule has 0 aromatic carbocycles. The second kappa shape index (κ2) is 70.6. The van der Waals surface area contributed by atoms with Crippen LogP contribution < -0.4 is 0 Å². The maximum Gasteiger partial charge on any atom is 0.306 e. The molecular weight excluding hydrogens is 1010 g/mol. The molecule has 0 spiro atoms. The fraction of sp³-hybridized carbons (Fsp3) is 0.829. The Balaban J connectivity index is 4.33. The van der Waals surface area contributed by atoms with E-state index in [9.17, 15) is 14.4 Å². The van der Waals surface area contributed by atoms with Crippen LogP contribution in [0.1, 0.15) is 387 Å². The predicted octanol–water partition coefficient (Wildman–Crippen LogP) is 25.1. The number of hydrogen-bond donors (Lipinski definition) is 0. The second-order valence-electron chi connectivity index (χ2n) is 24.5. The van der Waals surface area contributed by atoms with Crippen LogP contribution in [0.15, 0.2) is 60.8 Å². The molecule has 0 aromatic rings. The van der Waals surface area contributed by atoms with E-state index in [4.69, 9.17) is 14.2 Å². The zero-order chi connectivity index (χ0) is 59.2. The highest BCUT2D eigenvalue weighted by Gasteiger charge is 2.19. The maximum atomic E-state index is 13.0. The van der Waals surface area contributed by atoms with E-state index in [-0.39, 0.29) is 31.1 Å². The van der Waals surface area contributed by atoms with Gasteiger partial charge in [0.05, 0.1) is 0 Å². The van der Waals surface area contributed by atoms with Crippen molar-refractivity contribution in [3.63, 3.8) is 0 Å². The standard InChI is InChI=1S/C76H138O6/c1-4-7-10-13-16-19-22-25-28-31-34-36-37-38-39-41-42-45-48-51-54-57-60-63-66-69-75(78)81-72-73(71-80-74(77)68-65-62-59-56-53-50-47-44-33-30-27-24-21-18-15-12-9-6-3)82-76(79)70-67-64-61-58-55-52-49-46-43-40-35-32-29-26-23-20-17-14-11-8-5-2/h21-22,24-25,30-35,73H,4-20,23,26-29,36-72H2,1-3H3/b24-21-,25-22-,33-30-,34-31-,35-32-. The zero-order valence-electron chi connectivity index (χ0n) is 55.0. The summed E-state index contributed by atoms with van der Waals surface area (Å²) in [6.45, 7) is 6.67. The minimum Gasteiger partial charge on any atom is -0.462 e. The van der Waals surface area contributed by atoms with Crippen molar-refractivity contribution in [1.82, 2.24) is 0 Å². The Morgan fingerprint density at radius 3 is 0.695 bits per heavy atom. The molecule has 0 fully saturated rings.